The number of Topliss-reactive ketones (excluding diaryl/α,β-unsaturated/α-hetero) is 2. The topological polar surface area (TPSA) is 67.8 Å². The van der Waals surface area contributed by atoms with Crippen molar-refractivity contribution < 1.29 is 14.4 Å². The molecule has 6 heteroatoms. The van der Waals surface area contributed by atoms with Crippen LogP contribution in [0.15, 0.2) is 5.16 Å². The highest BCUT2D eigenvalue weighted by molar-refractivity contribution is 5.93. The number of hydrogen-bond acceptors (Lipinski definition) is 5. The summed E-state index contributed by atoms with van der Waals surface area (Å²) < 4.78 is 0. The molecule has 0 amide bonds. The molecule has 2 unspecified atom stereocenters. The summed E-state index contributed by atoms with van der Waals surface area (Å²) in [7, 11) is 0. The zero-order valence-electron chi connectivity index (χ0n) is 17.7. The largest absolute Gasteiger partial charge is 0.391 e. The lowest BCUT2D eigenvalue weighted by Crippen LogP contribution is -2.56. The van der Waals surface area contributed by atoms with Crippen molar-refractivity contribution >= 4 is 29.7 Å². The van der Waals surface area contributed by atoms with Crippen molar-refractivity contribution in [2.75, 3.05) is 13.1 Å². The van der Waals surface area contributed by atoms with Crippen molar-refractivity contribution in [1.29, 1.82) is 0 Å². The van der Waals surface area contributed by atoms with E-state index in [-0.39, 0.29) is 35.3 Å². The van der Waals surface area contributed by atoms with Gasteiger partial charge >= 0.3 is 0 Å². The molecular formula is C23H35ClN2O3. The van der Waals surface area contributed by atoms with Crippen LogP contribution in [0.3, 0.4) is 0 Å². The number of nitrogens with zero attached hydrogens (tertiary/aromatic N) is 1. The smallest absolute Gasteiger partial charge is 0.141 e. The Morgan fingerprint density at radius 3 is 2.62 bits per heavy atom. The van der Waals surface area contributed by atoms with Gasteiger partial charge in [0.25, 0.3) is 0 Å². The maximum atomic E-state index is 13.3. The third kappa shape index (κ3) is 3.27. The van der Waals surface area contributed by atoms with Crippen LogP contribution in [-0.4, -0.2) is 36.5 Å². The molecule has 1 aliphatic heterocycles. The average Bonchev–Trinajstić information content (AvgIpc) is 3.29. The fraction of sp³-hybridized carbons (Fsp3) is 0.870. The molecule has 5 rings (SSSR count). The normalized spacial score (nSPS) is 47.9. The average molecular weight is 423 g/mol. The predicted molar refractivity (Wildman–Crippen MR) is 114 cm³/mol. The monoisotopic (exact) mass is 422 g/mol. The van der Waals surface area contributed by atoms with E-state index < -0.39 is 0 Å². The number of fused-ring (bicyclic) bond motifs is 5. The van der Waals surface area contributed by atoms with E-state index in [1.54, 1.807) is 0 Å². The summed E-state index contributed by atoms with van der Waals surface area (Å²) in [4.78, 5) is 31.6. The van der Waals surface area contributed by atoms with E-state index in [0.29, 0.717) is 35.7 Å². The first-order valence-electron chi connectivity index (χ1n) is 11.4. The molecule has 5 nitrogen and oxygen atoms in total. The van der Waals surface area contributed by atoms with Crippen molar-refractivity contribution in [3.05, 3.63) is 0 Å². The first kappa shape index (κ1) is 21.3. The molecule has 162 valence electrons. The lowest BCUT2D eigenvalue weighted by atomic mass is 9.45. The van der Waals surface area contributed by atoms with Crippen molar-refractivity contribution in [3.8, 4) is 0 Å². The fourth-order valence-electron chi connectivity index (χ4n) is 7.57. The van der Waals surface area contributed by atoms with E-state index >= 15 is 0 Å². The second kappa shape index (κ2) is 7.64. The maximum absolute atomic E-state index is 13.3. The maximum Gasteiger partial charge on any atom is 0.141 e. The highest BCUT2D eigenvalue weighted by Gasteiger charge is 2.62. The van der Waals surface area contributed by atoms with Crippen LogP contribution >= 0.6 is 12.4 Å². The summed E-state index contributed by atoms with van der Waals surface area (Å²) >= 11 is 0. The molecule has 0 aromatic carbocycles. The van der Waals surface area contributed by atoms with Gasteiger partial charge < -0.3 is 10.2 Å². The first-order valence-corrected chi connectivity index (χ1v) is 11.4. The van der Waals surface area contributed by atoms with Gasteiger partial charge in [0.2, 0.25) is 0 Å². The molecule has 29 heavy (non-hydrogen) atoms. The molecule has 1 saturated heterocycles. The second-order valence-electron chi connectivity index (χ2n) is 10.6. The number of nitrogens with one attached hydrogen (secondary N) is 1. The van der Waals surface area contributed by atoms with E-state index in [4.69, 9.17) is 4.84 Å². The Morgan fingerprint density at radius 2 is 1.86 bits per heavy atom. The van der Waals surface area contributed by atoms with E-state index in [1.807, 2.05) is 0 Å². The number of ketones is 2. The standard InChI is InChI=1S/C23H34N2O3.ClH/c1-22-8-5-14(25-28-15-7-10-24-13-15)11-19(22)20(26)12-16-17-3-4-21(27)23(17,2)9-6-18(16)22;/h15-19,24H,3-13H2,1-2H3;1H/b25-14+;/t15?,16-,17-,18-,19?,22+,23-;/m0./s1. The number of carbonyl (C=O) groups is 2. The van der Waals surface area contributed by atoms with Gasteiger partial charge in [-0.2, -0.15) is 0 Å². The Bertz CT molecular complexity index is 719. The summed E-state index contributed by atoms with van der Waals surface area (Å²) in [6.07, 6.45) is 8.50. The Morgan fingerprint density at radius 1 is 1.03 bits per heavy atom. The summed E-state index contributed by atoms with van der Waals surface area (Å²) in [5.74, 6) is 2.38. The van der Waals surface area contributed by atoms with E-state index in [1.165, 1.54) is 0 Å². The van der Waals surface area contributed by atoms with Crippen LogP contribution in [0, 0.1) is 34.5 Å². The summed E-state index contributed by atoms with van der Waals surface area (Å²) in [6.45, 7) is 6.42. The van der Waals surface area contributed by atoms with Crippen LogP contribution in [0.2, 0.25) is 0 Å². The fourth-order valence-corrected chi connectivity index (χ4v) is 7.57. The lowest BCUT2D eigenvalue weighted by Gasteiger charge is -2.58. The van der Waals surface area contributed by atoms with Crippen LogP contribution in [-0.2, 0) is 14.4 Å². The van der Waals surface area contributed by atoms with Crippen molar-refractivity contribution in [2.24, 2.45) is 39.7 Å². The van der Waals surface area contributed by atoms with Gasteiger partial charge in [-0.3, -0.25) is 9.59 Å². The van der Waals surface area contributed by atoms with Crippen LogP contribution in [0.5, 0.6) is 0 Å². The molecule has 4 saturated carbocycles. The lowest BCUT2D eigenvalue weighted by molar-refractivity contribution is -0.152. The Kier molecular flexibility index (Phi) is 5.61. The molecule has 5 fully saturated rings. The van der Waals surface area contributed by atoms with E-state index in [0.717, 1.165) is 70.2 Å². The summed E-state index contributed by atoms with van der Waals surface area (Å²) in [5.41, 5.74) is 0.994. The van der Waals surface area contributed by atoms with Crippen LogP contribution in [0.25, 0.3) is 0 Å². The molecule has 1 heterocycles. The van der Waals surface area contributed by atoms with Gasteiger partial charge in [-0.05, 0) is 68.2 Å². The molecule has 7 atom stereocenters. The van der Waals surface area contributed by atoms with Gasteiger partial charge in [0.15, 0.2) is 0 Å². The van der Waals surface area contributed by atoms with Gasteiger partial charge in [-0.25, -0.2) is 0 Å². The zero-order chi connectivity index (χ0) is 19.5. The minimum atomic E-state index is -0.158. The number of halogens is 1. The minimum Gasteiger partial charge on any atom is -0.391 e. The molecule has 1 N–H and O–H groups in total. The number of rotatable bonds is 2. The van der Waals surface area contributed by atoms with Crippen molar-refractivity contribution in [1.82, 2.24) is 5.32 Å². The number of hydrogen-bond donors (Lipinski definition) is 1. The van der Waals surface area contributed by atoms with Gasteiger partial charge in [0.05, 0.1) is 5.71 Å². The van der Waals surface area contributed by atoms with Crippen LogP contribution < -0.4 is 5.32 Å². The van der Waals surface area contributed by atoms with Gasteiger partial charge in [0, 0.05) is 37.1 Å². The van der Waals surface area contributed by atoms with E-state index in [9.17, 15) is 9.59 Å². The number of carbonyl (C=O) groups excluding carboxylic acids is 2. The zero-order valence-corrected chi connectivity index (χ0v) is 18.6. The highest BCUT2D eigenvalue weighted by Crippen LogP contribution is 2.64. The van der Waals surface area contributed by atoms with Gasteiger partial charge in [0.1, 0.15) is 17.7 Å². The molecule has 0 spiro atoms. The summed E-state index contributed by atoms with van der Waals surface area (Å²) in [6, 6.07) is 0. The molecule has 4 aliphatic carbocycles. The quantitative estimate of drug-likeness (QED) is 0.684. The molecule has 5 aliphatic rings. The highest BCUT2D eigenvalue weighted by atomic mass is 35.5. The molecule has 0 bridgehead atoms. The minimum absolute atomic E-state index is 0. The molecule has 0 aromatic rings. The Balaban J connectivity index is 0.00000205. The Hall–Kier alpha value is -0.940. The SMILES string of the molecule is C[C@]12CC/C(=N\OC3CCNC3)CC1C(=O)C[C@@H]1[C@@H]2CC[C@]2(C)C(=O)CC[C@@H]12.Cl. The third-order valence-electron chi connectivity index (χ3n) is 9.35. The van der Waals surface area contributed by atoms with E-state index in [2.05, 4.69) is 24.3 Å². The van der Waals surface area contributed by atoms with Crippen molar-refractivity contribution in [3.63, 3.8) is 0 Å². The first-order chi connectivity index (χ1) is 13.4. The molecule has 0 aromatic heterocycles. The predicted octanol–water partition coefficient (Wildman–Crippen LogP) is 3.93. The van der Waals surface area contributed by atoms with Gasteiger partial charge in [-0.15, -0.1) is 12.4 Å². The Labute approximate surface area is 180 Å². The molecular weight excluding hydrogens is 388 g/mol. The molecule has 0 radical (unpaired) electrons. The summed E-state index contributed by atoms with van der Waals surface area (Å²) in [5, 5.41) is 7.78. The second-order valence-corrected chi connectivity index (χ2v) is 10.6. The third-order valence-corrected chi connectivity index (χ3v) is 9.35. The van der Waals surface area contributed by atoms with Crippen molar-refractivity contribution in [2.45, 2.75) is 77.7 Å². The van der Waals surface area contributed by atoms with Crippen LogP contribution in [0.1, 0.15) is 71.6 Å². The number of oxime groups is 1. The van der Waals surface area contributed by atoms with Crippen LogP contribution in [0.4, 0.5) is 0 Å². The van der Waals surface area contributed by atoms with Gasteiger partial charge in [-0.1, -0.05) is 19.0 Å².